The SMILES string of the molecule is CCC(C)C(NC(=O)c1cc2cc(OC)ccc2n1C)C(=O)N1CCCC1C(=O)O. The van der Waals surface area contributed by atoms with E-state index in [0.29, 0.717) is 37.3 Å². The monoisotopic (exact) mass is 415 g/mol. The topological polar surface area (TPSA) is 101 Å². The number of amides is 2. The van der Waals surface area contributed by atoms with E-state index in [1.165, 1.54) is 4.90 Å². The van der Waals surface area contributed by atoms with Crippen LogP contribution in [-0.4, -0.2) is 58.1 Å². The van der Waals surface area contributed by atoms with E-state index in [1.54, 1.807) is 24.8 Å². The number of ether oxygens (including phenoxy) is 1. The maximum absolute atomic E-state index is 13.2. The Hall–Kier alpha value is -3.03. The Balaban J connectivity index is 1.87. The van der Waals surface area contributed by atoms with Crippen LogP contribution in [0.4, 0.5) is 0 Å². The van der Waals surface area contributed by atoms with Crippen molar-refractivity contribution in [2.24, 2.45) is 13.0 Å². The average molecular weight is 415 g/mol. The van der Waals surface area contributed by atoms with E-state index >= 15 is 0 Å². The molecule has 8 heteroatoms. The molecule has 0 aliphatic carbocycles. The lowest BCUT2D eigenvalue weighted by molar-refractivity contribution is -0.149. The zero-order valence-corrected chi connectivity index (χ0v) is 17.8. The summed E-state index contributed by atoms with van der Waals surface area (Å²) < 4.78 is 7.03. The van der Waals surface area contributed by atoms with Crippen LogP contribution in [0.15, 0.2) is 24.3 Å². The molecule has 0 saturated carbocycles. The molecule has 1 saturated heterocycles. The van der Waals surface area contributed by atoms with Crippen molar-refractivity contribution < 1.29 is 24.2 Å². The number of carbonyl (C=O) groups excluding carboxylic acids is 2. The number of aliphatic carboxylic acids is 1. The minimum atomic E-state index is -1.00. The van der Waals surface area contributed by atoms with Crippen molar-refractivity contribution in [2.75, 3.05) is 13.7 Å². The van der Waals surface area contributed by atoms with Gasteiger partial charge in [0.05, 0.1) is 7.11 Å². The van der Waals surface area contributed by atoms with Crippen LogP contribution in [0.25, 0.3) is 10.9 Å². The second-order valence-electron chi connectivity index (χ2n) is 7.88. The first-order valence-corrected chi connectivity index (χ1v) is 10.3. The quantitative estimate of drug-likeness (QED) is 0.723. The summed E-state index contributed by atoms with van der Waals surface area (Å²) in [5, 5.41) is 13.2. The second kappa shape index (κ2) is 8.77. The van der Waals surface area contributed by atoms with Crippen LogP contribution in [0, 0.1) is 5.92 Å². The Morgan fingerprint density at radius 2 is 2.03 bits per heavy atom. The fraction of sp³-hybridized carbons (Fsp3) is 0.500. The molecule has 3 atom stereocenters. The predicted molar refractivity (Wildman–Crippen MR) is 113 cm³/mol. The van der Waals surface area contributed by atoms with Crippen LogP contribution in [0.3, 0.4) is 0 Å². The van der Waals surface area contributed by atoms with E-state index in [4.69, 9.17) is 4.74 Å². The van der Waals surface area contributed by atoms with Gasteiger partial charge in [0.15, 0.2) is 0 Å². The van der Waals surface area contributed by atoms with Crippen molar-refractivity contribution in [3.63, 3.8) is 0 Å². The van der Waals surface area contributed by atoms with Crippen molar-refractivity contribution in [1.82, 2.24) is 14.8 Å². The zero-order valence-electron chi connectivity index (χ0n) is 17.8. The number of nitrogens with one attached hydrogen (secondary N) is 1. The van der Waals surface area contributed by atoms with Crippen LogP contribution in [0.5, 0.6) is 5.75 Å². The van der Waals surface area contributed by atoms with E-state index < -0.39 is 18.1 Å². The van der Waals surface area contributed by atoms with Crippen molar-refractivity contribution in [3.8, 4) is 5.75 Å². The predicted octanol–water partition coefficient (Wildman–Crippen LogP) is 2.41. The molecule has 162 valence electrons. The van der Waals surface area contributed by atoms with Crippen molar-refractivity contribution in [3.05, 3.63) is 30.0 Å². The number of aromatic nitrogens is 1. The van der Waals surface area contributed by atoms with Gasteiger partial charge in [0, 0.05) is 24.5 Å². The summed E-state index contributed by atoms with van der Waals surface area (Å²) in [6, 6.07) is 5.71. The maximum Gasteiger partial charge on any atom is 0.326 e. The van der Waals surface area contributed by atoms with Gasteiger partial charge in [-0.3, -0.25) is 9.59 Å². The number of carboxylic acids is 1. The van der Waals surface area contributed by atoms with Gasteiger partial charge in [0.1, 0.15) is 23.5 Å². The molecule has 1 fully saturated rings. The lowest BCUT2D eigenvalue weighted by atomic mass is 9.97. The van der Waals surface area contributed by atoms with E-state index in [9.17, 15) is 19.5 Å². The van der Waals surface area contributed by atoms with Gasteiger partial charge in [-0.2, -0.15) is 0 Å². The van der Waals surface area contributed by atoms with E-state index in [-0.39, 0.29) is 17.7 Å². The summed E-state index contributed by atoms with van der Waals surface area (Å²) in [5.74, 6) is -1.13. The minimum Gasteiger partial charge on any atom is -0.497 e. The number of hydrogen-bond donors (Lipinski definition) is 2. The number of fused-ring (bicyclic) bond motifs is 1. The molecule has 1 aliphatic rings. The largest absolute Gasteiger partial charge is 0.497 e. The molecule has 8 nitrogen and oxygen atoms in total. The molecule has 3 rings (SSSR count). The molecule has 30 heavy (non-hydrogen) atoms. The molecular formula is C22H29N3O5. The molecule has 2 aromatic rings. The highest BCUT2D eigenvalue weighted by Crippen LogP contribution is 2.25. The summed E-state index contributed by atoms with van der Waals surface area (Å²) in [6.45, 7) is 4.23. The van der Waals surface area contributed by atoms with Gasteiger partial charge in [0.25, 0.3) is 5.91 Å². The fourth-order valence-electron chi connectivity index (χ4n) is 4.04. The van der Waals surface area contributed by atoms with Crippen LogP contribution >= 0.6 is 0 Å². The third-order valence-corrected chi connectivity index (χ3v) is 6.07. The van der Waals surface area contributed by atoms with Gasteiger partial charge in [-0.25, -0.2) is 4.79 Å². The van der Waals surface area contributed by atoms with Crippen molar-refractivity contribution >= 4 is 28.7 Å². The molecule has 2 N–H and O–H groups in total. The van der Waals surface area contributed by atoms with Crippen molar-refractivity contribution in [1.29, 1.82) is 0 Å². The fourth-order valence-corrected chi connectivity index (χ4v) is 4.04. The number of rotatable bonds is 7. The number of aryl methyl sites for hydroxylation is 1. The molecule has 0 bridgehead atoms. The highest BCUT2D eigenvalue weighted by atomic mass is 16.5. The van der Waals surface area contributed by atoms with Crippen LogP contribution < -0.4 is 10.1 Å². The standard InChI is InChI=1S/C22H29N3O5/c1-5-13(2)19(21(27)25-10-6-7-17(25)22(28)29)23-20(26)18-12-14-11-15(30-4)8-9-16(14)24(18)3/h8-9,11-13,17,19H,5-7,10H2,1-4H3,(H,23,26)(H,28,29). The summed E-state index contributed by atoms with van der Waals surface area (Å²) in [7, 11) is 3.38. The first-order valence-electron chi connectivity index (χ1n) is 10.3. The number of benzene rings is 1. The molecule has 1 aromatic carbocycles. The molecule has 2 heterocycles. The summed E-state index contributed by atoms with van der Waals surface area (Å²) in [4.78, 5) is 39.2. The Bertz CT molecular complexity index is 967. The molecule has 0 radical (unpaired) electrons. The van der Waals surface area contributed by atoms with Gasteiger partial charge in [0.2, 0.25) is 5.91 Å². The first-order chi connectivity index (χ1) is 14.3. The van der Waals surface area contributed by atoms with Crippen LogP contribution in [0.1, 0.15) is 43.6 Å². The number of nitrogens with zero attached hydrogens (tertiary/aromatic N) is 2. The third kappa shape index (κ3) is 3.99. The second-order valence-corrected chi connectivity index (χ2v) is 7.88. The molecule has 1 aromatic heterocycles. The van der Waals surface area contributed by atoms with E-state index in [0.717, 1.165) is 10.9 Å². The average Bonchev–Trinajstić information content (AvgIpc) is 3.35. The normalized spacial score (nSPS) is 18.3. The molecule has 3 unspecified atom stereocenters. The summed E-state index contributed by atoms with van der Waals surface area (Å²) in [6.07, 6.45) is 1.76. The molecular weight excluding hydrogens is 386 g/mol. The number of methoxy groups -OCH3 is 1. The zero-order chi connectivity index (χ0) is 22.0. The number of carbonyl (C=O) groups is 3. The van der Waals surface area contributed by atoms with Crippen LogP contribution in [-0.2, 0) is 16.6 Å². The number of likely N-dealkylation sites (tertiary alicyclic amines) is 1. The highest BCUT2D eigenvalue weighted by molar-refractivity contribution is 6.01. The summed E-state index contributed by atoms with van der Waals surface area (Å²) >= 11 is 0. The number of hydrogen-bond acceptors (Lipinski definition) is 4. The van der Waals surface area contributed by atoms with Gasteiger partial charge in [-0.15, -0.1) is 0 Å². The Morgan fingerprint density at radius 1 is 1.30 bits per heavy atom. The van der Waals surface area contributed by atoms with Gasteiger partial charge < -0.3 is 24.6 Å². The summed E-state index contributed by atoms with van der Waals surface area (Å²) in [5.41, 5.74) is 1.30. The van der Waals surface area contributed by atoms with Crippen molar-refractivity contribution in [2.45, 2.75) is 45.2 Å². The van der Waals surface area contributed by atoms with Gasteiger partial charge in [-0.05, 0) is 43.0 Å². The molecule has 2 amide bonds. The van der Waals surface area contributed by atoms with Gasteiger partial charge >= 0.3 is 5.97 Å². The first kappa shape index (κ1) is 21.7. The van der Waals surface area contributed by atoms with E-state index in [2.05, 4.69) is 5.32 Å². The highest BCUT2D eigenvalue weighted by Gasteiger charge is 2.39. The minimum absolute atomic E-state index is 0.133. The Labute approximate surface area is 175 Å². The van der Waals surface area contributed by atoms with Gasteiger partial charge in [-0.1, -0.05) is 20.3 Å². The Morgan fingerprint density at radius 3 is 2.67 bits per heavy atom. The number of carboxylic acid groups (broad SMARTS) is 1. The maximum atomic E-state index is 13.2. The lowest BCUT2D eigenvalue weighted by Gasteiger charge is -2.30. The smallest absolute Gasteiger partial charge is 0.326 e. The Kier molecular flexibility index (Phi) is 6.34. The lowest BCUT2D eigenvalue weighted by Crippen LogP contribution is -2.54. The molecule has 0 spiro atoms. The van der Waals surface area contributed by atoms with Crippen LogP contribution in [0.2, 0.25) is 0 Å². The molecule has 1 aliphatic heterocycles. The van der Waals surface area contributed by atoms with E-state index in [1.807, 2.05) is 32.0 Å². The third-order valence-electron chi connectivity index (χ3n) is 6.07.